The van der Waals surface area contributed by atoms with E-state index >= 15 is 4.39 Å². The van der Waals surface area contributed by atoms with E-state index in [4.69, 9.17) is 14.5 Å². The molecule has 4 atom stereocenters. The Morgan fingerprint density at radius 1 is 1.14 bits per heavy atom. The largest absolute Gasteiger partial charge is 0.458 e. The Hall–Kier alpha value is -3.42. The molecule has 7 rings (SSSR count). The molecule has 10 nitrogen and oxygen atoms in total. The summed E-state index contributed by atoms with van der Waals surface area (Å²) in [6, 6.07) is 2.52. The smallest absolute Gasteiger partial charge is 0.407 e. The fraction of sp³-hybridized carbons (Fsp3) is 0.541. The highest BCUT2D eigenvalue weighted by molar-refractivity contribution is 8.82. The quantitative estimate of drug-likeness (QED) is 0.127. The van der Waals surface area contributed by atoms with E-state index in [0.717, 1.165) is 47.8 Å². The Balaban J connectivity index is 1.25. The third kappa shape index (κ3) is 5.82. The van der Waals surface area contributed by atoms with Gasteiger partial charge >= 0.3 is 12.1 Å². The van der Waals surface area contributed by atoms with Crippen LogP contribution < -0.4 is 10.9 Å². The fourth-order valence-electron chi connectivity index (χ4n) is 7.73. The number of fused-ring (bicyclic) bond motifs is 5. The maximum absolute atomic E-state index is 15.3. The van der Waals surface area contributed by atoms with Crippen molar-refractivity contribution in [2.75, 3.05) is 0 Å². The van der Waals surface area contributed by atoms with Crippen molar-refractivity contribution in [2.24, 2.45) is 5.41 Å². The van der Waals surface area contributed by atoms with E-state index in [1.165, 1.54) is 27.7 Å². The number of aromatic nitrogens is 2. The molecule has 2 N–H and O–H groups in total. The van der Waals surface area contributed by atoms with Crippen LogP contribution in [0.5, 0.6) is 0 Å². The lowest BCUT2D eigenvalue weighted by atomic mass is 9.81. The number of benzene rings is 1. The molecular formula is C37H42FN3O7S2. The minimum absolute atomic E-state index is 0.0128. The zero-order valence-electron chi connectivity index (χ0n) is 28.9. The molecule has 0 bridgehead atoms. The molecule has 1 saturated carbocycles. The van der Waals surface area contributed by atoms with Crippen LogP contribution in [0.2, 0.25) is 0 Å². The standard InChI is InChI=1S/C37H42FN3O7S2/c1-6-37(46)22-14-26-31-20(16-41(26)32(42)21(22)17-47-33(37)43)30-24(13-12-19-18(2)23(38)15-25(39-31)29(19)30)40-35(45)48-27-10-8-7-9-11-28(27)49-50-34(44)36(3,4)5/h14-15,24,27-28,46H,6-13,16-17H2,1-5H3,(H,40,45)/t24-,27-,28-,37-/m0/s1. The number of alkyl carbamates (subject to hydrolysis) is 1. The Labute approximate surface area is 297 Å². The summed E-state index contributed by atoms with van der Waals surface area (Å²) >= 11 is 0. The number of hydrogen-bond donors (Lipinski definition) is 2. The monoisotopic (exact) mass is 723 g/mol. The molecule has 4 aliphatic rings. The van der Waals surface area contributed by atoms with Gasteiger partial charge in [0.15, 0.2) is 5.60 Å². The minimum atomic E-state index is -1.98. The number of pyridine rings is 2. The first-order chi connectivity index (χ1) is 23.7. The van der Waals surface area contributed by atoms with Crippen molar-refractivity contribution in [3.63, 3.8) is 0 Å². The lowest BCUT2D eigenvalue weighted by Crippen LogP contribution is -2.44. The summed E-state index contributed by atoms with van der Waals surface area (Å²) in [6.45, 7) is 8.97. The topological polar surface area (TPSA) is 137 Å². The van der Waals surface area contributed by atoms with Crippen LogP contribution in [0, 0.1) is 18.2 Å². The van der Waals surface area contributed by atoms with E-state index in [9.17, 15) is 24.3 Å². The molecule has 50 heavy (non-hydrogen) atoms. The van der Waals surface area contributed by atoms with Gasteiger partial charge in [-0.3, -0.25) is 9.59 Å². The number of rotatable bonds is 5. The van der Waals surface area contributed by atoms with Crippen molar-refractivity contribution < 1.29 is 33.4 Å². The highest BCUT2D eigenvalue weighted by Gasteiger charge is 2.46. The third-order valence-corrected chi connectivity index (χ3v) is 13.8. The second-order valence-electron chi connectivity index (χ2n) is 14.9. The average molecular weight is 724 g/mol. The van der Waals surface area contributed by atoms with Crippen LogP contribution in [0.1, 0.15) is 112 Å². The SMILES string of the molecule is CC[C@@]1(O)C(=O)OCc2c1cc1n(c2=O)Cc2c-1nc1cc(F)c(C)c3c1c2[C@@H](NC(=O)O[C@H]1CCCCC[C@@H]1SSC(=O)C(C)(C)C)CC3. The summed E-state index contributed by atoms with van der Waals surface area (Å²) in [4.78, 5) is 57.9. The molecule has 0 radical (unpaired) electrons. The van der Waals surface area contributed by atoms with Crippen LogP contribution in [-0.2, 0) is 44.2 Å². The molecule has 1 amide bonds. The summed E-state index contributed by atoms with van der Waals surface area (Å²) in [5.41, 5.74) is 1.66. The lowest BCUT2D eigenvalue weighted by Gasteiger charge is -2.31. The molecule has 13 heteroatoms. The summed E-state index contributed by atoms with van der Waals surface area (Å²) < 4.78 is 28.2. The number of carbonyl (C=O) groups is 3. The van der Waals surface area contributed by atoms with E-state index in [1.807, 2.05) is 20.8 Å². The van der Waals surface area contributed by atoms with Gasteiger partial charge in [-0.25, -0.2) is 19.0 Å². The van der Waals surface area contributed by atoms with Gasteiger partial charge in [0.05, 0.1) is 40.3 Å². The van der Waals surface area contributed by atoms with Crippen molar-refractivity contribution in [3.8, 4) is 11.4 Å². The second-order valence-corrected chi connectivity index (χ2v) is 17.3. The van der Waals surface area contributed by atoms with Crippen LogP contribution in [0.4, 0.5) is 9.18 Å². The zero-order chi connectivity index (χ0) is 35.7. The Morgan fingerprint density at radius 3 is 2.64 bits per heavy atom. The van der Waals surface area contributed by atoms with Gasteiger partial charge in [0.2, 0.25) is 5.12 Å². The van der Waals surface area contributed by atoms with E-state index in [0.29, 0.717) is 41.7 Å². The number of nitrogens with one attached hydrogen (secondary N) is 1. The van der Waals surface area contributed by atoms with E-state index in [1.54, 1.807) is 24.5 Å². The van der Waals surface area contributed by atoms with Gasteiger partial charge in [0.25, 0.3) is 5.56 Å². The minimum Gasteiger partial charge on any atom is -0.458 e. The normalized spacial score (nSPS) is 24.1. The lowest BCUT2D eigenvalue weighted by molar-refractivity contribution is -0.172. The van der Waals surface area contributed by atoms with Crippen molar-refractivity contribution >= 4 is 49.7 Å². The van der Waals surface area contributed by atoms with Gasteiger partial charge in [0, 0.05) is 28.0 Å². The molecule has 4 heterocycles. The number of cyclic esters (lactones) is 1. The number of hydrogen-bond acceptors (Lipinski definition) is 10. The molecule has 0 saturated heterocycles. The van der Waals surface area contributed by atoms with Crippen molar-refractivity contribution in [1.82, 2.24) is 14.9 Å². The first kappa shape index (κ1) is 35.0. The van der Waals surface area contributed by atoms with Gasteiger partial charge in [-0.15, -0.1) is 0 Å². The van der Waals surface area contributed by atoms with Crippen LogP contribution >= 0.6 is 21.6 Å². The van der Waals surface area contributed by atoms with Gasteiger partial charge in [-0.2, -0.15) is 0 Å². The highest BCUT2D eigenvalue weighted by atomic mass is 33.1. The third-order valence-electron chi connectivity index (χ3n) is 10.7. The first-order valence-corrected chi connectivity index (χ1v) is 19.6. The number of ether oxygens (including phenoxy) is 2. The molecule has 2 aliphatic heterocycles. The van der Waals surface area contributed by atoms with E-state index in [-0.39, 0.29) is 53.0 Å². The molecule has 0 unspecified atom stereocenters. The molecule has 2 aromatic heterocycles. The molecule has 1 aromatic carbocycles. The maximum Gasteiger partial charge on any atom is 0.407 e. The average Bonchev–Trinajstić information content (AvgIpc) is 3.29. The van der Waals surface area contributed by atoms with Crippen molar-refractivity contribution in [3.05, 3.63) is 61.7 Å². The predicted octanol–water partition coefficient (Wildman–Crippen LogP) is 6.90. The van der Waals surface area contributed by atoms with Crippen LogP contribution in [0.15, 0.2) is 16.9 Å². The Morgan fingerprint density at radius 2 is 1.90 bits per heavy atom. The Bertz CT molecular complexity index is 2010. The predicted molar refractivity (Wildman–Crippen MR) is 190 cm³/mol. The Kier molecular flexibility index (Phi) is 9.08. The highest BCUT2D eigenvalue weighted by Crippen LogP contribution is 2.46. The number of halogens is 1. The van der Waals surface area contributed by atoms with Crippen LogP contribution in [-0.4, -0.2) is 43.2 Å². The fourth-order valence-corrected chi connectivity index (χ4v) is 10.8. The van der Waals surface area contributed by atoms with Crippen molar-refractivity contribution in [2.45, 2.75) is 122 Å². The van der Waals surface area contributed by atoms with Gasteiger partial charge < -0.3 is 24.5 Å². The number of aliphatic hydroxyl groups is 1. The summed E-state index contributed by atoms with van der Waals surface area (Å²) in [5.74, 6) is -1.20. The molecule has 0 spiro atoms. The van der Waals surface area contributed by atoms with Crippen LogP contribution in [0.3, 0.4) is 0 Å². The first-order valence-electron chi connectivity index (χ1n) is 17.4. The number of esters is 1. The maximum atomic E-state index is 15.3. The number of amides is 1. The summed E-state index contributed by atoms with van der Waals surface area (Å²) in [7, 11) is 2.73. The van der Waals surface area contributed by atoms with Gasteiger partial charge in [0.1, 0.15) is 18.5 Å². The zero-order valence-corrected chi connectivity index (χ0v) is 30.6. The van der Waals surface area contributed by atoms with Gasteiger partial charge in [-0.1, -0.05) is 51.3 Å². The number of nitrogens with zero attached hydrogens (tertiary/aromatic N) is 2. The second kappa shape index (κ2) is 13.0. The number of aryl methyl sites for hydroxylation is 1. The van der Waals surface area contributed by atoms with E-state index in [2.05, 4.69) is 5.32 Å². The van der Waals surface area contributed by atoms with Crippen LogP contribution in [0.25, 0.3) is 22.3 Å². The molecular weight excluding hydrogens is 682 g/mol. The molecule has 1 fully saturated rings. The molecule has 266 valence electrons. The molecule has 3 aromatic rings. The van der Waals surface area contributed by atoms with E-state index < -0.39 is 34.7 Å². The summed E-state index contributed by atoms with van der Waals surface area (Å²) in [5, 5.41) is 15.3. The number of carbonyl (C=O) groups excluding carboxylic acids is 3. The van der Waals surface area contributed by atoms with Crippen molar-refractivity contribution in [1.29, 1.82) is 0 Å². The van der Waals surface area contributed by atoms with Gasteiger partial charge in [-0.05, 0) is 79.0 Å². The molecule has 2 aliphatic carbocycles. The summed E-state index contributed by atoms with van der Waals surface area (Å²) in [6.07, 6.45) is 4.58.